The van der Waals surface area contributed by atoms with Crippen LogP contribution in [0, 0.1) is 5.82 Å². The van der Waals surface area contributed by atoms with Gasteiger partial charge in [-0.05, 0) is 36.1 Å². The molecular formula is C16H15FN2O2S. The smallest absolute Gasteiger partial charge is 0.228 e. The molecule has 1 aliphatic heterocycles. The van der Waals surface area contributed by atoms with Crippen molar-refractivity contribution in [3.05, 3.63) is 52.0 Å². The first kappa shape index (κ1) is 14.7. The second kappa shape index (κ2) is 5.88. The second-order valence-electron chi connectivity index (χ2n) is 5.28. The molecule has 114 valence electrons. The zero-order chi connectivity index (χ0) is 15.7. The monoisotopic (exact) mass is 318 g/mol. The van der Waals surface area contributed by atoms with E-state index in [1.54, 1.807) is 17.4 Å². The fourth-order valence-electron chi connectivity index (χ4n) is 2.59. The highest BCUT2D eigenvalue weighted by Crippen LogP contribution is 2.33. The predicted octanol–water partition coefficient (Wildman–Crippen LogP) is 3.19. The molecule has 0 fully saturated rings. The van der Waals surface area contributed by atoms with E-state index in [1.807, 2.05) is 24.4 Å². The third-order valence-electron chi connectivity index (χ3n) is 3.70. The van der Waals surface area contributed by atoms with Crippen molar-refractivity contribution in [2.75, 3.05) is 5.32 Å². The van der Waals surface area contributed by atoms with E-state index in [9.17, 15) is 14.0 Å². The zero-order valence-electron chi connectivity index (χ0n) is 11.9. The quantitative estimate of drug-likeness (QED) is 0.913. The molecule has 0 saturated carbocycles. The van der Waals surface area contributed by atoms with Gasteiger partial charge in [-0.15, -0.1) is 11.3 Å². The van der Waals surface area contributed by atoms with Crippen LogP contribution in [0.25, 0.3) is 0 Å². The summed E-state index contributed by atoms with van der Waals surface area (Å²) in [5.74, 6) is -1.52. The van der Waals surface area contributed by atoms with Gasteiger partial charge in [0.05, 0.1) is 12.0 Å². The summed E-state index contributed by atoms with van der Waals surface area (Å²) < 4.78 is 13.3. The van der Waals surface area contributed by atoms with Gasteiger partial charge in [-0.3, -0.25) is 9.59 Å². The Labute approximate surface area is 131 Å². The van der Waals surface area contributed by atoms with Crippen LogP contribution in [0.3, 0.4) is 0 Å². The molecule has 0 spiro atoms. The maximum Gasteiger partial charge on any atom is 0.228 e. The number of fused-ring (bicyclic) bond motifs is 1. The molecule has 1 aromatic carbocycles. The second-order valence-corrected chi connectivity index (χ2v) is 6.26. The Morgan fingerprint density at radius 3 is 3.00 bits per heavy atom. The predicted molar refractivity (Wildman–Crippen MR) is 83.3 cm³/mol. The van der Waals surface area contributed by atoms with Crippen molar-refractivity contribution in [2.45, 2.75) is 25.3 Å². The van der Waals surface area contributed by atoms with Crippen molar-refractivity contribution < 1.29 is 14.0 Å². The molecule has 1 aliphatic rings. The first-order valence-electron chi connectivity index (χ1n) is 6.97. The topological polar surface area (TPSA) is 58.2 Å². The number of amides is 2. The summed E-state index contributed by atoms with van der Waals surface area (Å²) in [5, 5.41) is 7.48. The van der Waals surface area contributed by atoms with Gasteiger partial charge in [0, 0.05) is 17.0 Å². The molecule has 0 unspecified atom stereocenters. The Kier molecular flexibility index (Phi) is 3.94. The van der Waals surface area contributed by atoms with E-state index in [0.717, 1.165) is 4.88 Å². The first-order valence-corrected chi connectivity index (χ1v) is 7.85. The van der Waals surface area contributed by atoms with Crippen LogP contribution < -0.4 is 10.6 Å². The summed E-state index contributed by atoms with van der Waals surface area (Å²) in [4.78, 5) is 25.3. The van der Waals surface area contributed by atoms with E-state index >= 15 is 0 Å². The van der Waals surface area contributed by atoms with E-state index in [0.29, 0.717) is 11.3 Å². The molecule has 0 saturated heterocycles. The fraction of sp³-hybridized carbons (Fsp3) is 0.250. The molecule has 2 N–H and O–H groups in total. The van der Waals surface area contributed by atoms with Crippen LogP contribution in [-0.4, -0.2) is 11.8 Å². The number of hydrogen-bond acceptors (Lipinski definition) is 3. The highest BCUT2D eigenvalue weighted by molar-refractivity contribution is 7.10. The largest absolute Gasteiger partial charge is 0.348 e. The third kappa shape index (κ3) is 2.87. The summed E-state index contributed by atoms with van der Waals surface area (Å²) in [6.07, 6.45) is 0.0711. The van der Waals surface area contributed by atoms with Crippen LogP contribution in [0.2, 0.25) is 0 Å². The summed E-state index contributed by atoms with van der Waals surface area (Å²) in [5.41, 5.74) is 1.03. The van der Waals surface area contributed by atoms with E-state index < -0.39 is 11.7 Å². The number of anilines is 1. The lowest BCUT2D eigenvalue weighted by Crippen LogP contribution is -2.36. The van der Waals surface area contributed by atoms with Crippen LogP contribution in [-0.2, 0) is 9.59 Å². The Hall–Kier alpha value is -2.21. The number of carbonyl (C=O) groups is 2. The van der Waals surface area contributed by atoms with E-state index in [1.165, 1.54) is 12.1 Å². The van der Waals surface area contributed by atoms with Gasteiger partial charge in [-0.2, -0.15) is 0 Å². The molecule has 0 bridgehead atoms. The molecule has 1 aromatic heterocycles. The van der Waals surface area contributed by atoms with Crippen LogP contribution in [0.5, 0.6) is 0 Å². The molecule has 0 aliphatic carbocycles. The summed E-state index contributed by atoms with van der Waals surface area (Å²) in [6, 6.07) is 7.86. The van der Waals surface area contributed by atoms with Crippen LogP contribution in [0.1, 0.15) is 35.7 Å². The Bertz CT molecular complexity index is 715. The molecule has 2 heterocycles. The number of thiophene rings is 1. The van der Waals surface area contributed by atoms with Crippen molar-refractivity contribution >= 4 is 28.8 Å². The van der Waals surface area contributed by atoms with Gasteiger partial charge in [0.15, 0.2) is 0 Å². The average Bonchev–Trinajstić information content (AvgIpc) is 3.00. The Morgan fingerprint density at radius 2 is 2.27 bits per heavy atom. The average molecular weight is 318 g/mol. The zero-order valence-corrected chi connectivity index (χ0v) is 12.7. The maximum atomic E-state index is 13.3. The Balaban J connectivity index is 1.82. The summed E-state index contributed by atoms with van der Waals surface area (Å²) >= 11 is 1.56. The minimum absolute atomic E-state index is 0.0711. The first-order chi connectivity index (χ1) is 10.5. The summed E-state index contributed by atoms with van der Waals surface area (Å²) in [6.45, 7) is 1.90. The third-order valence-corrected chi connectivity index (χ3v) is 4.75. The van der Waals surface area contributed by atoms with Crippen molar-refractivity contribution in [2.24, 2.45) is 0 Å². The lowest BCUT2D eigenvalue weighted by Gasteiger charge is -2.26. The molecule has 4 nitrogen and oxygen atoms in total. The normalized spacial score (nSPS) is 18.3. The fourth-order valence-corrected chi connectivity index (χ4v) is 3.33. The molecule has 2 atom stereocenters. The number of benzene rings is 1. The molecule has 6 heteroatoms. The van der Waals surface area contributed by atoms with Gasteiger partial charge >= 0.3 is 0 Å². The van der Waals surface area contributed by atoms with E-state index in [2.05, 4.69) is 10.6 Å². The molecule has 2 aromatic rings. The van der Waals surface area contributed by atoms with Crippen LogP contribution in [0.4, 0.5) is 10.1 Å². The van der Waals surface area contributed by atoms with Gasteiger partial charge in [-0.25, -0.2) is 4.39 Å². The Morgan fingerprint density at radius 1 is 1.45 bits per heavy atom. The van der Waals surface area contributed by atoms with Gasteiger partial charge < -0.3 is 10.6 Å². The van der Waals surface area contributed by atoms with Crippen molar-refractivity contribution in [3.63, 3.8) is 0 Å². The van der Waals surface area contributed by atoms with Gasteiger partial charge in [0.25, 0.3) is 0 Å². The van der Waals surface area contributed by atoms with Gasteiger partial charge in [0.2, 0.25) is 11.8 Å². The minimum atomic E-state index is -0.591. The van der Waals surface area contributed by atoms with Crippen LogP contribution >= 0.6 is 11.3 Å². The molecule has 0 radical (unpaired) electrons. The SMILES string of the molecule is C[C@@H](NC(=O)[C@H]1CC(=O)Nc2cc(F)ccc21)c1cccs1. The van der Waals surface area contributed by atoms with Crippen LogP contribution in [0.15, 0.2) is 35.7 Å². The molecular weight excluding hydrogens is 303 g/mol. The number of hydrogen-bond donors (Lipinski definition) is 2. The number of nitrogens with one attached hydrogen (secondary N) is 2. The summed E-state index contributed by atoms with van der Waals surface area (Å²) in [7, 11) is 0. The molecule has 3 rings (SSSR count). The maximum absolute atomic E-state index is 13.3. The number of rotatable bonds is 3. The van der Waals surface area contributed by atoms with Crippen molar-refractivity contribution in [1.29, 1.82) is 0 Å². The van der Waals surface area contributed by atoms with E-state index in [-0.39, 0.29) is 24.3 Å². The van der Waals surface area contributed by atoms with E-state index in [4.69, 9.17) is 0 Å². The lowest BCUT2D eigenvalue weighted by molar-refractivity contribution is -0.126. The van der Waals surface area contributed by atoms with Gasteiger partial charge in [-0.1, -0.05) is 12.1 Å². The highest BCUT2D eigenvalue weighted by Gasteiger charge is 2.31. The number of carbonyl (C=O) groups excluding carboxylic acids is 2. The minimum Gasteiger partial charge on any atom is -0.348 e. The molecule has 22 heavy (non-hydrogen) atoms. The van der Waals surface area contributed by atoms with Crippen molar-refractivity contribution in [3.8, 4) is 0 Å². The lowest BCUT2D eigenvalue weighted by atomic mass is 9.89. The molecule has 2 amide bonds. The standard InChI is InChI=1S/C16H15FN2O2S/c1-9(14-3-2-6-22-14)18-16(21)12-8-15(20)19-13-7-10(17)4-5-11(12)13/h2-7,9,12H,8H2,1H3,(H,18,21)(H,19,20)/t9-,12+/m1/s1. The van der Waals surface area contributed by atoms with Gasteiger partial charge in [0.1, 0.15) is 5.82 Å². The number of halogens is 1. The van der Waals surface area contributed by atoms with Crippen molar-refractivity contribution in [1.82, 2.24) is 5.32 Å². The highest BCUT2D eigenvalue weighted by atomic mass is 32.1.